The van der Waals surface area contributed by atoms with E-state index >= 15 is 0 Å². The Labute approximate surface area is 184 Å². The first-order valence-electron chi connectivity index (χ1n) is 11.1. The molecule has 0 unspecified atom stereocenters. The van der Waals surface area contributed by atoms with Gasteiger partial charge in [-0.3, -0.25) is 0 Å². The quantitative estimate of drug-likeness (QED) is 0.465. The van der Waals surface area contributed by atoms with Crippen molar-refractivity contribution in [2.75, 3.05) is 6.61 Å². The van der Waals surface area contributed by atoms with Crippen molar-refractivity contribution in [3.63, 3.8) is 0 Å². The van der Waals surface area contributed by atoms with E-state index in [0.717, 1.165) is 35.8 Å². The van der Waals surface area contributed by atoms with Gasteiger partial charge in [0.2, 0.25) is 0 Å². The van der Waals surface area contributed by atoms with Crippen LogP contribution in [0.25, 0.3) is 5.70 Å². The van der Waals surface area contributed by atoms with Crippen LogP contribution in [0, 0.1) is 0 Å². The van der Waals surface area contributed by atoms with E-state index in [-0.39, 0.29) is 12.3 Å². The number of unbranched alkanes of at least 4 members (excludes halogenated alkanes) is 2. The Bertz CT molecular complexity index is 1050. The number of para-hydroxylation sites is 1. The Kier molecular flexibility index (Phi) is 5.63. The van der Waals surface area contributed by atoms with Crippen LogP contribution in [0.2, 0.25) is 0 Å². The maximum absolute atomic E-state index is 6.46. The number of benzene rings is 3. The molecule has 0 saturated carbocycles. The highest BCUT2D eigenvalue weighted by molar-refractivity contribution is 5.67. The van der Waals surface area contributed by atoms with E-state index in [1.807, 2.05) is 24.3 Å². The monoisotopic (exact) mass is 412 g/mol. The van der Waals surface area contributed by atoms with Gasteiger partial charge in [-0.2, -0.15) is 5.01 Å². The molecule has 3 aromatic carbocycles. The summed E-state index contributed by atoms with van der Waals surface area (Å²) in [5, 5.41) is 2.20. The molecule has 2 atom stereocenters. The van der Waals surface area contributed by atoms with Crippen molar-refractivity contribution in [1.29, 1.82) is 0 Å². The third kappa shape index (κ3) is 4.04. The van der Waals surface area contributed by atoms with Gasteiger partial charge in [-0.15, -0.1) is 0 Å². The van der Waals surface area contributed by atoms with Gasteiger partial charge in [0.05, 0.1) is 18.3 Å². The number of hydrazine groups is 1. The van der Waals surface area contributed by atoms with Gasteiger partial charge in [0.1, 0.15) is 11.5 Å². The maximum Gasteiger partial charge on any atom is 0.195 e. The standard InChI is InChI=1S/C27H28N2O2/c1-2-3-9-18-30-22-16-14-21(15-17-22)27-29-25(23-12-7-8-13-26(23)31-27)19-24(28-29)20-10-5-4-6-11-20/h4-8,10-17,19,25,27-28H,2-3,9,18H2,1H3/t25-,27+/m1/s1. The van der Waals surface area contributed by atoms with Gasteiger partial charge >= 0.3 is 0 Å². The summed E-state index contributed by atoms with van der Waals surface area (Å²) >= 11 is 0. The fourth-order valence-corrected chi connectivity index (χ4v) is 4.22. The Balaban J connectivity index is 1.40. The zero-order valence-electron chi connectivity index (χ0n) is 17.8. The molecule has 5 rings (SSSR count). The first-order chi connectivity index (χ1) is 15.3. The summed E-state index contributed by atoms with van der Waals surface area (Å²) in [6.07, 6.45) is 5.55. The van der Waals surface area contributed by atoms with E-state index in [4.69, 9.17) is 9.47 Å². The number of nitrogens with zero attached hydrogens (tertiary/aromatic N) is 1. The topological polar surface area (TPSA) is 33.7 Å². The molecule has 2 aliphatic heterocycles. The summed E-state index contributed by atoms with van der Waals surface area (Å²) < 4.78 is 12.3. The van der Waals surface area contributed by atoms with Crippen LogP contribution in [-0.4, -0.2) is 11.6 Å². The first kappa shape index (κ1) is 19.7. The number of nitrogens with one attached hydrogen (secondary N) is 1. The molecule has 0 fully saturated rings. The Morgan fingerprint density at radius 2 is 1.68 bits per heavy atom. The molecule has 0 amide bonds. The highest BCUT2D eigenvalue weighted by Gasteiger charge is 2.39. The minimum absolute atomic E-state index is 0.107. The lowest BCUT2D eigenvalue weighted by molar-refractivity contribution is -0.0326. The minimum atomic E-state index is -0.230. The summed E-state index contributed by atoms with van der Waals surface area (Å²) in [7, 11) is 0. The average molecular weight is 413 g/mol. The first-order valence-corrected chi connectivity index (χ1v) is 11.1. The van der Waals surface area contributed by atoms with Crippen LogP contribution < -0.4 is 14.9 Å². The molecule has 0 aromatic heterocycles. The lowest BCUT2D eigenvalue weighted by Gasteiger charge is -2.39. The number of rotatable bonds is 7. The van der Waals surface area contributed by atoms with Gasteiger partial charge in [-0.1, -0.05) is 80.4 Å². The lowest BCUT2D eigenvalue weighted by Crippen LogP contribution is -2.43. The smallest absolute Gasteiger partial charge is 0.195 e. The van der Waals surface area contributed by atoms with E-state index in [9.17, 15) is 0 Å². The minimum Gasteiger partial charge on any atom is -0.494 e. The van der Waals surface area contributed by atoms with Gasteiger partial charge < -0.3 is 14.9 Å². The van der Waals surface area contributed by atoms with Crippen LogP contribution in [0.5, 0.6) is 11.5 Å². The lowest BCUT2D eigenvalue weighted by atomic mass is 10.0. The molecule has 4 nitrogen and oxygen atoms in total. The molecule has 2 heterocycles. The van der Waals surface area contributed by atoms with Crippen LogP contribution in [0.3, 0.4) is 0 Å². The van der Waals surface area contributed by atoms with Crippen molar-refractivity contribution >= 4 is 5.70 Å². The van der Waals surface area contributed by atoms with Crippen LogP contribution >= 0.6 is 0 Å². The molecule has 0 saturated heterocycles. The molecule has 3 aromatic rings. The SMILES string of the molecule is CCCCCOc1ccc([C@@H]2Oc3ccccc3[C@H]3C=C(c4ccccc4)NN32)cc1. The largest absolute Gasteiger partial charge is 0.494 e. The number of fused-ring (bicyclic) bond motifs is 3. The summed E-state index contributed by atoms with van der Waals surface area (Å²) in [5.74, 6) is 1.84. The Morgan fingerprint density at radius 3 is 2.48 bits per heavy atom. The van der Waals surface area contributed by atoms with Crippen molar-refractivity contribution in [1.82, 2.24) is 10.4 Å². The molecule has 1 N–H and O–H groups in total. The zero-order valence-corrected chi connectivity index (χ0v) is 17.8. The van der Waals surface area contributed by atoms with Crippen molar-refractivity contribution in [3.8, 4) is 11.5 Å². The number of hydrogen-bond donors (Lipinski definition) is 1. The summed E-state index contributed by atoms with van der Waals surface area (Å²) in [6.45, 7) is 2.97. The normalized spacial score (nSPS) is 19.6. The van der Waals surface area contributed by atoms with E-state index in [1.165, 1.54) is 24.0 Å². The molecular formula is C27H28N2O2. The van der Waals surface area contributed by atoms with Gasteiger partial charge in [-0.05, 0) is 36.3 Å². The van der Waals surface area contributed by atoms with Gasteiger partial charge in [0, 0.05) is 11.1 Å². The fourth-order valence-electron chi connectivity index (χ4n) is 4.22. The second-order valence-electron chi connectivity index (χ2n) is 8.04. The second kappa shape index (κ2) is 8.86. The average Bonchev–Trinajstić information content (AvgIpc) is 3.28. The van der Waals surface area contributed by atoms with Gasteiger partial charge in [-0.25, -0.2) is 0 Å². The molecule has 0 radical (unpaired) electrons. The van der Waals surface area contributed by atoms with Crippen LogP contribution in [0.4, 0.5) is 0 Å². The van der Waals surface area contributed by atoms with Crippen LogP contribution in [0.1, 0.15) is 55.1 Å². The van der Waals surface area contributed by atoms with Crippen LogP contribution in [-0.2, 0) is 0 Å². The fraction of sp³-hybridized carbons (Fsp3) is 0.259. The summed E-state index contributed by atoms with van der Waals surface area (Å²) in [5.41, 5.74) is 8.14. The zero-order chi connectivity index (χ0) is 21.0. The number of hydrogen-bond acceptors (Lipinski definition) is 4. The molecule has 0 bridgehead atoms. The number of ether oxygens (including phenoxy) is 2. The van der Waals surface area contributed by atoms with E-state index in [2.05, 4.69) is 78.0 Å². The molecule has 2 aliphatic rings. The van der Waals surface area contributed by atoms with Crippen molar-refractivity contribution in [2.24, 2.45) is 0 Å². The molecule has 0 spiro atoms. The molecule has 158 valence electrons. The summed E-state index contributed by atoms with van der Waals surface area (Å²) in [6, 6.07) is 27.1. The van der Waals surface area contributed by atoms with Crippen molar-refractivity contribution in [2.45, 2.75) is 38.5 Å². The molecule has 0 aliphatic carbocycles. The molecule has 31 heavy (non-hydrogen) atoms. The Morgan fingerprint density at radius 1 is 0.903 bits per heavy atom. The highest BCUT2D eigenvalue weighted by Crippen LogP contribution is 2.45. The third-order valence-electron chi connectivity index (χ3n) is 5.87. The van der Waals surface area contributed by atoms with E-state index in [1.54, 1.807) is 0 Å². The van der Waals surface area contributed by atoms with E-state index < -0.39 is 0 Å². The van der Waals surface area contributed by atoms with Gasteiger partial charge in [0.15, 0.2) is 6.23 Å². The van der Waals surface area contributed by atoms with Crippen LogP contribution in [0.15, 0.2) is 84.9 Å². The van der Waals surface area contributed by atoms with Crippen molar-refractivity contribution < 1.29 is 9.47 Å². The second-order valence-corrected chi connectivity index (χ2v) is 8.04. The van der Waals surface area contributed by atoms with Crippen molar-refractivity contribution in [3.05, 3.63) is 102 Å². The summed E-state index contributed by atoms with van der Waals surface area (Å²) in [4.78, 5) is 0. The highest BCUT2D eigenvalue weighted by atomic mass is 16.5. The predicted octanol–water partition coefficient (Wildman–Crippen LogP) is 6.25. The molecule has 4 heteroatoms. The maximum atomic E-state index is 6.46. The third-order valence-corrected chi connectivity index (χ3v) is 5.87. The Hall–Kier alpha value is -3.24. The predicted molar refractivity (Wildman–Crippen MR) is 123 cm³/mol. The molecular weight excluding hydrogens is 384 g/mol. The van der Waals surface area contributed by atoms with E-state index in [0.29, 0.717) is 0 Å². The van der Waals surface area contributed by atoms with Gasteiger partial charge in [0.25, 0.3) is 0 Å².